The van der Waals surface area contributed by atoms with Crippen molar-refractivity contribution < 1.29 is 4.79 Å². The number of carbonyl (C=O) groups is 1. The Balaban J connectivity index is 1.90. The predicted octanol–water partition coefficient (Wildman–Crippen LogP) is 4.06. The van der Waals surface area contributed by atoms with E-state index in [9.17, 15) is 14.4 Å². The van der Waals surface area contributed by atoms with E-state index in [1.165, 1.54) is 0 Å². The number of aromatic amines is 1. The van der Waals surface area contributed by atoms with Gasteiger partial charge in [-0.1, -0.05) is 39.2 Å². The number of nitrogens with one attached hydrogen (secondary N) is 2. The lowest BCUT2D eigenvalue weighted by Crippen LogP contribution is -2.31. The van der Waals surface area contributed by atoms with Gasteiger partial charge in [-0.05, 0) is 49.9 Å². The van der Waals surface area contributed by atoms with Gasteiger partial charge in [0.15, 0.2) is 11.2 Å². The molecule has 0 saturated heterocycles. The van der Waals surface area contributed by atoms with Gasteiger partial charge in [0.25, 0.3) is 5.56 Å². The first-order valence-electron chi connectivity index (χ1n) is 11.9. The van der Waals surface area contributed by atoms with Gasteiger partial charge in [0.2, 0.25) is 5.91 Å². The third kappa shape index (κ3) is 6.00. The van der Waals surface area contributed by atoms with E-state index in [2.05, 4.69) is 30.2 Å². The molecule has 2 aromatic heterocycles. The van der Waals surface area contributed by atoms with E-state index in [1.54, 1.807) is 4.57 Å². The van der Waals surface area contributed by atoms with Crippen molar-refractivity contribution in [2.75, 3.05) is 5.32 Å². The second kappa shape index (κ2) is 11.1. The number of benzene rings is 1. The number of anilines is 1. The molecule has 33 heavy (non-hydrogen) atoms. The number of rotatable bonds is 11. The normalized spacial score (nSPS) is 11.3. The summed E-state index contributed by atoms with van der Waals surface area (Å²) in [6.45, 7) is 9.30. The van der Waals surface area contributed by atoms with E-state index < -0.39 is 11.2 Å². The Morgan fingerprint density at radius 3 is 2.30 bits per heavy atom. The molecule has 8 heteroatoms. The monoisotopic (exact) mass is 453 g/mol. The molecular weight excluding hydrogens is 418 g/mol. The van der Waals surface area contributed by atoms with Crippen LogP contribution in [0.5, 0.6) is 0 Å². The number of fused-ring (bicyclic) bond motifs is 1. The number of hydrogen-bond acceptors (Lipinski definition) is 4. The van der Waals surface area contributed by atoms with Gasteiger partial charge in [0.1, 0.15) is 5.82 Å². The van der Waals surface area contributed by atoms with Crippen molar-refractivity contribution >= 4 is 22.8 Å². The van der Waals surface area contributed by atoms with Crippen LogP contribution in [0.4, 0.5) is 5.69 Å². The number of carbonyl (C=O) groups excluding carboxylic acids is 1. The summed E-state index contributed by atoms with van der Waals surface area (Å²) >= 11 is 0. The van der Waals surface area contributed by atoms with Gasteiger partial charge in [-0.25, -0.2) is 9.78 Å². The Labute approximate surface area is 194 Å². The molecule has 3 rings (SSSR count). The molecule has 2 N–H and O–H groups in total. The number of unbranched alkanes of at least 4 members (excludes halogenated alkanes) is 3. The molecule has 2 heterocycles. The lowest BCUT2D eigenvalue weighted by molar-refractivity contribution is -0.116. The minimum atomic E-state index is -0.432. The third-order valence-corrected chi connectivity index (χ3v) is 5.77. The number of amides is 1. The molecule has 1 aromatic carbocycles. The van der Waals surface area contributed by atoms with Gasteiger partial charge >= 0.3 is 5.69 Å². The maximum Gasteiger partial charge on any atom is 0.330 e. The van der Waals surface area contributed by atoms with Crippen LogP contribution in [0, 0.1) is 13.8 Å². The standard InChI is InChI=1S/C25H35N5O3/c1-5-7-9-13-29-20(10-11-21(31)26-19-15-17(3)14-18(4)16-19)27-23-22(29)24(32)28-25(33)30(23)12-8-6-2/h14-16H,5-13H2,1-4H3,(H,26,31)(H,28,32,33). The van der Waals surface area contributed by atoms with Crippen molar-refractivity contribution in [2.45, 2.75) is 85.7 Å². The molecule has 1 amide bonds. The third-order valence-electron chi connectivity index (χ3n) is 5.77. The molecule has 0 spiro atoms. The largest absolute Gasteiger partial charge is 0.330 e. The van der Waals surface area contributed by atoms with Crippen LogP contribution >= 0.6 is 0 Å². The number of aromatic nitrogens is 4. The molecule has 178 valence electrons. The highest BCUT2D eigenvalue weighted by atomic mass is 16.2. The zero-order chi connectivity index (χ0) is 24.0. The first kappa shape index (κ1) is 24.5. The number of aryl methyl sites for hydroxylation is 5. The van der Waals surface area contributed by atoms with Gasteiger partial charge < -0.3 is 9.88 Å². The Hall–Kier alpha value is -3.16. The predicted molar refractivity (Wildman–Crippen MR) is 132 cm³/mol. The summed E-state index contributed by atoms with van der Waals surface area (Å²) < 4.78 is 3.45. The van der Waals surface area contributed by atoms with Crippen molar-refractivity contribution in [3.05, 3.63) is 56.0 Å². The topological polar surface area (TPSA) is 102 Å². The average molecular weight is 454 g/mol. The molecule has 0 saturated carbocycles. The molecule has 0 aliphatic rings. The Morgan fingerprint density at radius 2 is 1.64 bits per heavy atom. The first-order chi connectivity index (χ1) is 15.8. The summed E-state index contributed by atoms with van der Waals surface area (Å²) in [7, 11) is 0. The summed E-state index contributed by atoms with van der Waals surface area (Å²) in [5.41, 5.74) is 2.94. The lowest BCUT2D eigenvalue weighted by atomic mass is 10.1. The van der Waals surface area contributed by atoms with Crippen LogP contribution in [0.3, 0.4) is 0 Å². The number of H-pyrrole nitrogens is 1. The maximum atomic E-state index is 12.7. The zero-order valence-corrected chi connectivity index (χ0v) is 20.2. The Kier molecular flexibility index (Phi) is 8.25. The molecule has 0 bridgehead atoms. The smallest absolute Gasteiger partial charge is 0.326 e. The first-order valence-corrected chi connectivity index (χ1v) is 11.9. The fourth-order valence-corrected chi connectivity index (χ4v) is 4.19. The zero-order valence-electron chi connectivity index (χ0n) is 20.2. The van der Waals surface area contributed by atoms with E-state index in [0.29, 0.717) is 36.5 Å². The second-order valence-electron chi connectivity index (χ2n) is 8.75. The maximum absolute atomic E-state index is 12.7. The highest BCUT2D eigenvalue weighted by molar-refractivity contribution is 5.91. The highest BCUT2D eigenvalue weighted by Gasteiger charge is 2.19. The van der Waals surface area contributed by atoms with E-state index >= 15 is 0 Å². The second-order valence-corrected chi connectivity index (χ2v) is 8.75. The van der Waals surface area contributed by atoms with Gasteiger partial charge in [-0.2, -0.15) is 0 Å². The quantitative estimate of drug-likeness (QED) is 0.427. The van der Waals surface area contributed by atoms with Crippen molar-refractivity contribution in [3.8, 4) is 0 Å². The van der Waals surface area contributed by atoms with E-state index in [-0.39, 0.29) is 12.3 Å². The summed E-state index contributed by atoms with van der Waals surface area (Å²) in [5, 5.41) is 2.96. The lowest BCUT2D eigenvalue weighted by Gasteiger charge is -2.10. The van der Waals surface area contributed by atoms with Crippen LogP contribution in [-0.2, 0) is 24.3 Å². The SMILES string of the molecule is CCCCCn1c(CCC(=O)Nc2cc(C)cc(C)c2)nc2c1c(=O)[nH]c(=O)n2CCCC. The van der Waals surface area contributed by atoms with Gasteiger partial charge in [-0.3, -0.25) is 19.1 Å². The van der Waals surface area contributed by atoms with Crippen molar-refractivity contribution in [1.29, 1.82) is 0 Å². The fraction of sp³-hybridized carbons (Fsp3) is 0.520. The van der Waals surface area contributed by atoms with Gasteiger partial charge in [0, 0.05) is 31.6 Å². The van der Waals surface area contributed by atoms with Crippen molar-refractivity contribution in [3.63, 3.8) is 0 Å². The number of nitrogens with zero attached hydrogens (tertiary/aromatic N) is 3. The number of imidazole rings is 1. The van der Waals surface area contributed by atoms with E-state index in [0.717, 1.165) is 48.9 Å². The average Bonchev–Trinajstić information content (AvgIpc) is 3.10. The number of hydrogen-bond donors (Lipinski definition) is 2. The van der Waals surface area contributed by atoms with Crippen molar-refractivity contribution in [2.24, 2.45) is 0 Å². The minimum absolute atomic E-state index is 0.107. The molecular formula is C25H35N5O3. The van der Waals surface area contributed by atoms with Gasteiger partial charge in [-0.15, -0.1) is 0 Å². The Bertz CT molecular complexity index is 1220. The van der Waals surface area contributed by atoms with Crippen LogP contribution in [0.15, 0.2) is 27.8 Å². The summed E-state index contributed by atoms with van der Waals surface area (Å²) in [6.07, 6.45) is 5.35. The molecule has 0 fully saturated rings. The molecule has 0 aliphatic heterocycles. The van der Waals surface area contributed by atoms with Crippen LogP contribution in [0.2, 0.25) is 0 Å². The van der Waals surface area contributed by atoms with E-state index in [1.807, 2.05) is 30.5 Å². The summed E-state index contributed by atoms with van der Waals surface area (Å²) in [6, 6.07) is 5.94. The molecule has 0 unspecified atom stereocenters. The van der Waals surface area contributed by atoms with Crippen LogP contribution in [-0.4, -0.2) is 25.0 Å². The van der Waals surface area contributed by atoms with Crippen LogP contribution in [0.25, 0.3) is 11.2 Å². The minimum Gasteiger partial charge on any atom is -0.326 e. The van der Waals surface area contributed by atoms with E-state index in [4.69, 9.17) is 4.98 Å². The summed E-state index contributed by atoms with van der Waals surface area (Å²) in [4.78, 5) is 45.0. The fourth-order valence-electron chi connectivity index (χ4n) is 4.19. The molecule has 0 aliphatic carbocycles. The summed E-state index contributed by atoms with van der Waals surface area (Å²) in [5.74, 6) is 0.558. The molecule has 0 radical (unpaired) electrons. The molecule has 3 aromatic rings. The molecule has 0 atom stereocenters. The van der Waals surface area contributed by atoms with Crippen LogP contribution < -0.4 is 16.6 Å². The van der Waals surface area contributed by atoms with Crippen molar-refractivity contribution in [1.82, 2.24) is 19.1 Å². The van der Waals surface area contributed by atoms with Gasteiger partial charge in [0.05, 0.1) is 0 Å². The highest BCUT2D eigenvalue weighted by Crippen LogP contribution is 2.17. The van der Waals surface area contributed by atoms with Crippen LogP contribution in [0.1, 0.15) is 69.3 Å². The Morgan fingerprint density at radius 1 is 0.970 bits per heavy atom. The molecule has 8 nitrogen and oxygen atoms in total.